The van der Waals surface area contributed by atoms with Crippen molar-refractivity contribution in [1.29, 1.82) is 0 Å². The summed E-state index contributed by atoms with van der Waals surface area (Å²) in [6, 6.07) is 3.04. The SMILES string of the molecule is CC(NC(=O)CCNC(=O)NC1CCCCC1)c1ccc(F)c(F)c1. The summed E-state index contributed by atoms with van der Waals surface area (Å²) in [5.41, 5.74) is 0.482. The summed E-state index contributed by atoms with van der Waals surface area (Å²) >= 11 is 0. The number of amides is 3. The van der Waals surface area contributed by atoms with Crippen LogP contribution in [0.2, 0.25) is 0 Å². The number of hydrogen-bond donors (Lipinski definition) is 3. The Kier molecular flexibility index (Phi) is 7.16. The van der Waals surface area contributed by atoms with E-state index in [-0.39, 0.29) is 30.9 Å². The second-order valence-corrected chi connectivity index (χ2v) is 6.45. The Labute approximate surface area is 146 Å². The number of halogens is 2. The molecule has 1 fully saturated rings. The van der Waals surface area contributed by atoms with E-state index in [1.807, 2.05) is 0 Å². The monoisotopic (exact) mass is 353 g/mol. The van der Waals surface area contributed by atoms with Gasteiger partial charge in [0.2, 0.25) is 5.91 Å². The zero-order chi connectivity index (χ0) is 18.2. The first-order valence-electron chi connectivity index (χ1n) is 8.74. The van der Waals surface area contributed by atoms with Gasteiger partial charge in [0, 0.05) is 19.0 Å². The van der Waals surface area contributed by atoms with E-state index in [9.17, 15) is 18.4 Å². The van der Waals surface area contributed by atoms with Crippen molar-refractivity contribution in [2.75, 3.05) is 6.54 Å². The fraction of sp³-hybridized carbons (Fsp3) is 0.556. The second-order valence-electron chi connectivity index (χ2n) is 6.45. The molecule has 0 radical (unpaired) electrons. The van der Waals surface area contributed by atoms with Gasteiger partial charge >= 0.3 is 6.03 Å². The van der Waals surface area contributed by atoms with Crippen LogP contribution in [0, 0.1) is 11.6 Å². The molecule has 1 unspecified atom stereocenters. The lowest BCUT2D eigenvalue weighted by molar-refractivity contribution is -0.121. The van der Waals surface area contributed by atoms with Crippen LogP contribution in [0.15, 0.2) is 18.2 Å². The number of carbonyl (C=O) groups excluding carboxylic acids is 2. The standard InChI is InChI=1S/C18H25F2N3O2/c1-12(13-7-8-15(19)16(20)11-13)22-17(24)9-10-21-18(25)23-14-5-3-2-4-6-14/h7-8,11-12,14H,2-6,9-10H2,1H3,(H,22,24)(H2,21,23,25). The first-order chi connectivity index (χ1) is 12.0. The predicted octanol–water partition coefficient (Wildman–Crippen LogP) is 3.16. The molecule has 1 aromatic rings. The molecule has 138 valence electrons. The molecular weight excluding hydrogens is 328 g/mol. The predicted molar refractivity (Wildman–Crippen MR) is 90.9 cm³/mol. The minimum Gasteiger partial charge on any atom is -0.350 e. The van der Waals surface area contributed by atoms with Crippen molar-refractivity contribution >= 4 is 11.9 Å². The highest BCUT2D eigenvalue weighted by molar-refractivity contribution is 5.78. The first kappa shape index (κ1) is 19.1. The molecule has 1 aliphatic rings. The van der Waals surface area contributed by atoms with Gasteiger partial charge in [0.25, 0.3) is 0 Å². The third kappa shape index (κ3) is 6.32. The molecule has 3 N–H and O–H groups in total. The summed E-state index contributed by atoms with van der Waals surface area (Å²) in [5.74, 6) is -2.13. The maximum absolute atomic E-state index is 13.2. The maximum atomic E-state index is 13.2. The van der Waals surface area contributed by atoms with Gasteiger partial charge in [-0.15, -0.1) is 0 Å². The third-order valence-corrected chi connectivity index (χ3v) is 4.40. The molecule has 0 heterocycles. The zero-order valence-corrected chi connectivity index (χ0v) is 14.4. The van der Waals surface area contributed by atoms with Crippen LogP contribution in [0.4, 0.5) is 13.6 Å². The Bertz CT molecular complexity index is 604. The molecule has 2 rings (SSSR count). The van der Waals surface area contributed by atoms with Crippen LogP contribution in [0.1, 0.15) is 57.1 Å². The highest BCUT2D eigenvalue weighted by Crippen LogP contribution is 2.17. The van der Waals surface area contributed by atoms with Crippen LogP contribution in [0.25, 0.3) is 0 Å². The topological polar surface area (TPSA) is 70.2 Å². The van der Waals surface area contributed by atoms with Gasteiger partial charge in [-0.2, -0.15) is 0 Å². The highest BCUT2D eigenvalue weighted by atomic mass is 19.2. The minimum atomic E-state index is -0.945. The van der Waals surface area contributed by atoms with Gasteiger partial charge in [-0.1, -0.05) is 25.3 Å². The number of rotatable bonds is 6. The molecule has 3 amide bonds. The Balaban J connectivity index is 1.67. The average Bonchev–Trinajstić information content (AvgIpc) is 2.58. The Morgan fingerprint density at radius 2 is 1.88 bits per heavy atom. The minimum absolute atomic E-state index is 0.117. The maximum Gasteiger partial charge on any atom is 0.315 e. The van der Waals surface area contributed by atoms with Crippen LogP contribution >= 0.6 is 0 Å². The fourth-order valence-electron chi connectivity index (χ4n) is 2.95. The van der Waals surface area contributed by atoms with E-state index in [4.69, 9.17) is 0 Å². The van der Waals surface area contributed by atoms with Crippen molar-refractivity contribution in [2.45, 2.75) is 57.5 Å². The zero-order valence-electron chi connectivity index (χ0n) is 14.4. The second kappa shape index (κ2) is 9.34. The van der Waals surface area contributed by atoms with E-state index in [0.29, 0.717) is 5.56 Å². The van der Waals surface area contributed by atoms with Crippen molar-refractivity contribution in [3.63, 3.8) is 0 Å². The molecule has 0 saturated heterocycles. The summed E-state index contributed by atoms with van der Waals surface area (Å²) in [6.07, 6.45) is 5.60. The Morgan fingerprint density at radius 3 is 2.56 bits per heavy atom. The van der Waals surface area contributed by atoms with Crippen molar-refractivity contribution in [1.82, 2.24) is 16.0 Å². The molecule has 1 aliphatic carbocycles. The van der Waals surface area contributed by atoms with Gasteiger partial charge in [-0.3, -0.25) is 4.79 Å². The summed E-state index contributed by atoms with van der Waals surface area (Å²) in [7, 11) is 0. The van der Waals surface area contributed by atoms with Crippen LogP contribution in [-0.4, -0.2) is 24.5 Å². The van der Waals surface area contributed by atoms with Crippen molar-refractivity contribution in [3.8, 4) is 0 Å². The average molecular weight is 353 g/mol. The van der Waals surface area contributed by atoms with Gasteiger partial charge in [0.15, 0.2) is 11.6 Å². The molecule has 1 atom stereocenters. The normalized spacial score (nSPS) is 16.1. The molecule has 7 heteroatoms. The smallest absolute Gasteiger partial charge is 0.315 e. The van der Waals surface area contributed by atoms with Crippen molar-refractivity contribution < 1.29 is 18.4 Å². The molecule has 5 nitrogen and oxygen atoms in total. The number of carbonyl (C=O) groups is 2. The van der Waals surface area contributed by atoms with E-state index in [2.05, 4.69) is 16.0 Å². The molecule has 0 aromatic heterocycles. The van der Waals surface area contributed by atoms with E-state index in [0.717, 1.165) is 37.8 Å². The van der Waals surface area contributed by atoms with Gasteiger partial charge < -0.3 is 16.0 Å². The van der Waals surface area contributed by atoms with Gasteiger partial charge in [0.1, 0.15) is 0 Å². The first-order valence-corrected chi connectivity index (χ1v) is 8.74. The number of urea groups is 1. The van der Waals surface area contributed by atoms with Gasteiger partial charge in [-0.05, 0) is 37.5 Å². The Morgan fingerprint density at radius 1 is 1.16 bits per heavy atom. The lowest BCUT2D eigenvalue weighted by Gasteiger charge is -2.22. The Hall–Kier alpha value is -2.18. The molecule has 0 bridgehead atoms. The molecule has 1 aromatic carbocycles. The summed E-state index contributed by atoms with van der Waals surface area (Å²) in [5, 5.41) is 8.28. The number of hydrogen-bond acceptors (Lipinski definition) is 2. The lowest BCUT2D eigenvalue weighted by Crippen LogP contribution is -2.43. The van der Waals surface area contributed by atoms with E-state index < -0.39 is 17.7 Å². The van der Waals surface area contributed by atoms with Crippen molar-refractivity contribution in [3.05, 3.63) is 35.4 Å². The summed E-state index contributed by atoms with van der Waals surface area (Å²) in [4.78, 5) is 23.7. The molecule has 25 heavy (non-hydrogen) atoms. The molecule has 0 aliphatic heterocycles. The fourth-order valence-corrected chi connectivity index (χ4v) is 2.95. The highest BCUT2D eigenvalue weighted by Gasteiger charge is 2.16. The van der Waals surface area contributed by atoms with E-state index in [1.54, 1.807) is 6.92 Å². The molecular formula is C18H25F2N3O2. The number of nitrogens with one attached hydrogen (secondary N) is 3. The molecule has 0 spiro atoms. The van der Waals surface area contributed by atoms with Gasteiger partial charge in [-0.25, -0.2) is 13.6 Å². The van der Waals surface area contributed by atoms with Crippen LogP contribution in [-0.2, 0) is 4.79 Å². The van der Waals surface area contributed by atoms with Gasteiger partial charge in [0.05, 0.1) is 6.04 Å². The van der Waals surface area contributed by atoms with Crippen molar-refractivity contribution in [2.24, 2.45) is 0 Å². The summed E-state index contributed by atoms with van der Waals surface area (Å²) in [6.45, 7) is 1.91. The molecule has 1 saturated carbocycles. The largest absolute Gasteiger partial charge is 0.350 e. The van der Waals surface area contributed by atoms with E-state index >= 15 is 0 Å². The van der Waals surface area contributed by atoms with E-state index in [1.165, 1.54) is 12.5 Å². The third-order valence-electron chi connectivity index (χ3n) is 4.40. The van der Waals surface area contributed by atoms with Crippen LogP contribution in [0.3, 0.4) is 0 Å². The van der Waals surface area contributed by atoms with Crippen LogP contribution in [0.5, 0.6) is 0 Å². The van der Waals surface area contributed by atoms with Crippen LogP contribution < -0.4 is 16.0 Å². The number of benzene rings is 1. The lowest BCUT2D eigenvalue weighted by atomic mass is 9.96. The summed E-state index contributed by atoms with van der Waals surface area (Å²) < 4.78 is 26.1. The quantitative estimate of drug-likeness (QED) is 0.735.